The molecule has 0 saturated carbocycles. The number of benzene rings is 1. The van der Waals surface area contributed by atoms with Crippen LogP contribution in [-0.4, -0.2) is 32.1 Å². The third kappa shape index (κ3) is 3.92. The monoisotopic (exact) mass is 246 g/mol. The first-order chi connectivity index (χ1) is 8.69. The maximum absolute atomic E-state index is 11.8. The number of para-hydroxylation sites is 1. The highest BCUT2D eigenvalue weighted by atomic mass is 16.5. The third-order valence-electron chi connectivity index (χ3n) is 2.07. The van der Waals surface area contributed by atoms with E-state index in [4.69, 9.17) is 11.2 Å². The van der Waals surface area contributed by atoms with E-state index >= 15 is 0 Å². The third-order valence-corrected chi connectivity index (χ3v) is 2.07. The summed E-state index contributed by atoms with van der Waals surface area (Å²) in [7, 11) is 1.42. The van der Waals surface area contributed by atoms with Gasteiger partial charge in [-0.15, -0.1) is 6.42 Å². The highest BCUT2D eigenvalue weighted by Gasteiger charge is 2.11. The van der Waals surface area contributed by atoms with E-state index in [-0.39, 0.29) is 25.0 Å². The van der Waals surface area contributed by atoms with Gasteiger partial charge in [0.15, 0.2) is 0 Å². The lowest BCUT2D eigenvalue weighted by Crippen LogP contribution is -2.26. The summed E-state index contributed by atoms with van der Waals surface area (Å²) in [6.07, 6.45) is 5.06. The lowest BCUT2D eigenvalue weighted by molar-refractivity contribution is -0.119. The number of ether oxygens (including phenoxy) is 1. The maximum Gasteiger partial charge on any atom is 0.254 e. The van der Waals surface area contributed by atoms with E-state index in [1.54, 1.807) is 24.3 Å². The van der Waals surface area contributed by atoms with Crippen LogP contribution in [0.25, 0.3) is 0 Å². The second-order valence-corrected chi connectivity index (χ2v) is 3.41. The molecule has 18 heavy (non-hydrogen) atoms. The number of amides is 2. The van der Waals surface area contributed by atoms with Crippen molar-refractivity contribution in [2.45, 2.75) is 0 Å². The zero-order chi connectivity index (χ0) is 13.4. The standard InChI is InChI=1S/C13H14N2O3/c1-3-8-14-13(17)10-6-4-5-7-11(10)15-12(16)9-18-2/h1,4-7H,8-9H2,2H3,(H,14,17)(H,15,16). The highest BCUT2D eigenvalue weighted by molar-refractivity contribution is 6.04. The lowest BCUT2D eigenvalue weighted by atomic mass is 10.1. The van der Waals surface area contributed by atoms with Crippen LogP contribution in [0.5, 0.6) is 0 Å². The average molecular weight is 246 g/mol. The van der Waals surface area contributed by atoms with Gasteiger partial charge >= 0.3 is 0 Å². The maximum atomic E-state index is 11.8. The Morgan fingerprint density at radius 2 is 2.11 bits per heavy atom. The van der Waals surface area contributed by atoms with E-state index in [2.05, 4.69) is 16.6 Å². The van der Waals surface area contributed by atoms with Crippen LogP contribution >= 0.6 is 0 Å². The van der Waals surface area contributed by atoms with Gasteiger partial charge in [-0.2, -0.15) is 0 Å². The Morgan fingerprint density at radius 1 is 1.39 bits per heavy atom. The summed E-state index contributed by atoms with van der Waals surface area (Å²) < 4.78 is 4.70. The van der Waals surface area contributed by atoms with E-state index in [9.17, 15) is 9.59 Å². The zero-order valence-corrected chi connectivity index (χ0v) is 10.0. The van der Waals surface area contributed by atoms with Crippen LogP contribution in [0.15, 0.2) is 24.3 Å². The molecule has 0 heterocycles. The molecular formula is C13H14N2O3. The summed E-state index contributed by atoms with van der Waals surface area (Å²) in [5.41, 5.74) is 0.784. The van der Waals surface area contributed by atoms with Gasteiger partial charge in [-0.3, -0.25) is 9.59 Å². The Labute approximate surface area is 106 Å². The van der Waals surface area contributed by atoms with Crippen molar-refractivity contribution in [3.8, 4) is 12.3 Å². The minimum atomic E-state index is -0.332. The van der Waals surface area contributed by atoms with Crippen molar-refractivity contribution in [2.24, 2.45) is 0 Å². The van der Waals surface area contributed by atoms with E-state index < -0.39 is 0 Å². The van der Waals surface area contributed by atoms with Gasteiger partial charge in [0.2, 0.25) is 5.91 Å². The van der Waals surface area contributed by atoms with Crippen molar-refractivity contribution in [3.63, 3.8) is 0 Å². The van der Waals surface area contributed by atoms with Crippen LogP contribution in [-0.2, 0) is 9.53 Å². The molecule has 0 aliphatic heterocycles. The SMILES string of the molecule is C#CCNC(=O)c1ccccc1NC(=O)COC. The molecule has 5 heteroatoms. The Kier molecular flexibility index (Phi) is 5.42. The number of carbonyl (C=O) groups excluding carboxylic acids is 2. The second kappa shape index (κ2) is 7.09. The molecule has 0 aromatic heterocycles. The topological polar surface area (TPSA) is 67.4 Å². The average Bonchev–Trinajstić information content (AvgIpc) is 2.37. The first-order valence-electron chi connectivity index (χ1n) is 5.28. The normalized spacial score (nSPS) is 9.33. The van der Waals surface area contributed by atoms with E-state index in [1.807, 2.05) is 0 Å². The molecule has 0 saturated heterocycles. The van der Waals surface area contributed by atoms with Gasteiger partial charge in [-0.25, -0.2) is 0 Å². The first-order valence-corrected chi connectivity index (χ1v) is 5.28. The van der Waals surface area contributed by atoms with Gasteiger partial charge in [-0.05, 0) is 12.1 Å². The molecule has 0 spiro atoms. The molecule has 0 fully saturated rings. The summed E-state index contributed by atoms with van der Waals surface area (Å²) in [4.78, 5) is 23.2. The molecule has 5 nitrogen and oxygen atoms in total. The minimum absolute atomic E-state index is 0.0691. The summed E-state index contributed by atoms with van der Waals surface area (Å²) in [5, 5.41) is 5.13. The van der Waals surface area contributed by atoms with Gasteiger partial charge in [0.05, 0.1) is 17.8 Å². The summed E-state index contributed by atoms with van der Waals surface area (Å²) in [6, 6.07) is 6.67. The molecule has 0 aliphatic rings. The number of rotatable bonds is 5. The fourth-order valence-corrected chi connectivity index (χ4v) is 1.33. The van der Waals surface area contributed by atoms with Crippen molar-refractivity contribution in [1.29, 1.82) is 0 Å². The Hall–Kier alpha value is -2.32. The van der Waals surface area contributed by atoms with Crippen LogP contribution in [0.1, 0.15) is 10.4 Å². The second-order valence-electron chi connectivity index (χ2n) is 3.41. The molecule has 2 amide bonds. The quantitative estimate of drug-likeness (QED) is 0.749. The predicted molar refractivity (Wildman–Crippen MR) is 68.1 cm³/mol. The number of hydrogen-bond donors (Lipinski definition) is 2. The van der Waals surface area contributed by atoms with Crippen LogP contribution in [0.4, 0.5) is 5.69 Å². The number of nitrogens with one attached hydrogen (secondary N) is 2. The number of carbonyl (C=O) groups is 2. The van der Waals surface area contributed by atoms with Crippen molar-refractivity contribution >= 4 is 17.5 Å². The summed E-state index contributed by atoms with van der Waals surface area (Å²) >= 11 is 0. The molecule has 0 bridgehead atoms. The van der Waals surface area contributed by atoms with Crippen molar-refractivity contribution < 1.29 is 14.3 Å². The van der Waals surface area contributed by atoms with Crippen LogP contribution < -0.4 is 10.6 Å². The Balaban J connectivity index is 2.82. The highest BCUT2D eigenvalue weighted by Crippen LogP contribution is 2.14. The molecule has 0 unspecified atom stereocenters. The number of anilines is 1. The van der Waals surface area contributed by atoms with Crippen molar-refractivity contribution in [1.82, 2.24) is 5.32 Å². The number of methoxy groups -OCH3 is 1. The van der Waals surface area contributed by atoms with Crippen molar-refractivity contribution in [3.05, 3.63) is 29.8 Å². The minimum Gasteiger partial charge on any atom is -0.375 e. The molecule has 94 valence electrons. The fourth-order valence-electron chi connectivity index (χ4n) is 1.33. The molecule has 0 radical (unpaired) electrons. The Morgan fingerprint density at radius 3 is 2.78 bits per heavy atom. The molecule has 1 rings (SSSR count). The lowest BCUT2D eigenvalue weighted by Gasteiger charge is -2.10. The van der Waals surface area contributed by atoms with Gasteiger partial charge < -0.3 is 15.4 Å². The first kappa shape index (κ1) is 13.7. The molecule has 0 atom stereocenters. The predicted octanol–water partition coefficient (Wildman–Crippen LogP) is 0.634. The van der Waals surface area contributed by atoms with Crippen LogP contribution in [0, 0.1) is 12.3 Å². The van der Waals surface area contributed by atoms with Crippen LogP contribution in [0.3, 0.4) is 0 Å². The van der Waals surface area contributed by atoms with Gasteiger partial charge in [-0.1, -0.05) is 18.1 Å². The fraction of sp³-hybridized carbons (Fsp3) is 0.231. The van der Waals surface area contributed by atoms with E-state index in [0.717, 1.165) is 0 Å². The largest absolute Gasteiger partial charge is 0.375 e. The van der Waals surface area contributed by atoms with Crippen LogP contribution in [0.2, 0.25) is 0 Å². The molecule has 1 aromatic carbocycles. The smallest absolute Gasteiger partial charge is 0.254 e. The molecule has 1 aromatic rings. The Bertz CT molecular complexity index is 477. The van der Waals surface area contributed by atoms with E-state index in [0.29, 0.717) is 11.3 Å². The van der Waals surface area contributed by atoms with Gasteiger partial charge in [0.25, 0.3) is 5.91 Å². The number of hydrogen-bond acceptors (Lipinski definition) is 3. The zero-order valence-electron chi connectivity index (χ0n) is 10.0. The van der Waals surface area contributed by atoms with Gasteiger partial charge in [0, 0.05) is 7.11 Å². The van der Waals surface area contributed by atoms with E-state index in [1.165, 1.54) is 7.11 Å². The van der Waals surface area contributed by atoms with Crippen molar-refractivity contribution in [2.75, 3.05) is 25.6 Å². The molecule has 2 N–H and O–H groups in total. The summed E-state index contributed by atoms with van der Waals surface area (Å²) in [5.74, 6) is 1.65. The van der Waals surface area contributed by atoms with Gasteiger partial charge in [0.1, 0.15) is 6.61 Å². The summed E-state index contributed by atoms with van der Waals surface area (Å²) in [6.45, 7) is 0.0689. The molecular weight excluding hydrogens is 232 g/mol. The number of terminal acetylenes is 1. The molecule has 0 aliphatic carbocycles.